The first-order valence-electron chi connectivity index (χ1n) is 4.37. The summed E-state index contributed by atoms with van der Waals surface area (Å²) >= 11 is 0. The molecule has 1 atom stereocenters. The number of rotatable bonds is 4. The molecule has 1 aromatic rings. The molecule has 1 heterocycles. The van der Waals surface area contributed by atoms with E-state index in [0.29, 0.717) is 12.2 Å². The van der Waals surface area contributed by atoms with Gasteiger partial charge in [-0.1, -0.05) is 6.92 Å². The number of ether oxygens (including phenoxy) is 1. The van der Waals surface area contributed by atoms with Crippen LogP contribution in [-0.2, 0) is 16.1 Å². The van der Waals surface area contributed by atoms with Crippen LogP contribution in [0, 0.1) is 5.92 Å². The lowest BCUT2D eigenvalue weighted by molar-refractivity contribution is -0.111. The van der Waals surface area contributed by atoms with E-state index in [4.69, 9.17) is 0 Å². The summed E-state index contributed by atoms with van der Waals surface area (Å²) in [5.41, 5.74) is 0.473. The Labute approximate surface area is 82.5 Å². The summed E-state index contributed by atoms with van der Waals surface area (Å²) in [5, 5.41) is 0. The molecule has 0 radical (unpaired) electrons. The van der Waals surface area contributed by atoms with Crippen molar-refractivity contribution >= 4 is 12.3 Å². The second-order valence-electron chi connectivity index (χ2n) is 3.15. The lowest BCUT2D eigenvalue weighted by atomic mass is 10.2. The minimum Gasteiger partial charge on any atom is -0.464 e. The largest absolute Gasteiger partial charge is 0.464 e. The standard InChI is InChI=1S/C10H13NO3/c1-8(7-12)6-11-5-3-4-9(11)10(13)14-2/h3-5,7-8H,6H2,1-2H3. The van der Waals surface area contributed by atoms with Crippen LogP contribution in [0.2, 0.25) is 0 Å². The normalized spacial score (nSPS) is 12.1. The van der Waals surface area contributed by atoms with Gasteiger partial charge in [0.15, 0.2) is 0 Å². The Bertz CT molecular complexity index is 330. The van der Waals surface area contributed by atoms with Crippen LogP contribution in [0.25, 0.3) is 0 Å². The first-order valence-corrected chi connectivity index (χ1v) is 4.37. The van der Waals surface area contributed by atoms with Gasteiger partial charge in [-0.2, -0.15) is 0 Å². The second kappa shape index (κ2) is 4.60. The molecule has 0 fully saturated rings. The lowest BCUT2D eigenvalue weighted by Crippen LogP contribution is -2.14. The quantitative estimate of drug-likeness (QED) is 0.534. The molecule has 0 saturated carbocycles. The van der Waals surface area contributed by atoms with Crippen LogP contribution in [0.15, 0.2) is 18.3 Å². The molecule has 14 heavy (non-hydrogen) atoms. The molecule has 0 aliphatic rings. The molecule has 0 bridgehead atoms. The zero-order valence-electron chi connectivity index (χ0n) is 8.27. The summed E-state index contributed by atoms with van der Waals surface area (Å²) in [4.78, 5) is 21.7. The van der Waals surface area contributed by atoms with Gasteiger partial charge in [0.2, 0.25) is 0 Å². The number of nitrogens with zero attached hydrogens (tertiary/aromatic N) is 1. The molecule has 1 aromatic heterocycles. The summed E-state index contributed by atoms with van der Waals surface area (Å²) in [6.45, 7) is 2.30. The van der Waals surface area contributed by atoms with Gasteiger partial charge in [-0.25, -0.2) is 4.79 Å². The SMILES string of the molecule is COC(=O)c1cccn1CC(C)C=O. The Morgan fingerprint density at radius 3 is 3.00 bits per heavy atom. The van der Waals surface area contributed by atoms with E-state index in [1.165, 1.54) is 7.11 Å². The van der Waals surface area contributed by atoms with Crippen LogP contribution in [0.3, 0.4) is 0 Å². The maximum absolute atomic E-state index is 11.2. The monoisotopic (exact) mass is 195 g/mol. The number of aromatic nitrogens is 1. The van der Waals surface area contributed by atoms with Crippen molar-refractivity contribution in [2.75, 3.05) is 7.11 Å². The van der Waals surface area contributed by atoms with Crippen LogP contribution in [-0.4, -0.2) is 23.9 Å². The van der Waals surface area contributed by atoms with Gasteiger partial charge < -0.3 is 14.1 Å². The van der Waals surface area contributed by atoms with Crippen molar-refractivity contribution in [2.45, 2.75) is 13.5 Å². The molecule has 0 amide bonds. The highest BCUT2D eigenvalue weighted by molar-refractivity contribution is 5.87. The molecule has 0 saturated heterocycles. The zero-order chi connectivity index (χ0) is 10.6. The number of aldehydes is 1. The zero-order valence-corrected chi connectivity index (χ0v) is 8.27. The van der Waals surface area contributed by atoms with Gasteiger partial charge in [0, 0.05) is 18.7 Å². The second-order valence-corrected chi connectivity index (χ2v) is 3.15. The number of carbonyl (C=O) groups excluding carboxylic acids is 2. The van der Waals surface area contributed by atoms with Crippen molar-refractivity contribution in [3.8, 4) is 0 Å². The van der Waals surface area contributed by atoms with E-state index < -0.39 is 0 Å². The highest BCUT2D eigenvalue weighted by Crippen LogP contribution is 2.06. The van der Waals surface area contributed by atoms with Gasteiger partial charge in [0.05, 0.1) is 7.11 Å². The molecule has 0 spiro atoms. The predicted molar refractivity (Wildman–Crippen MR) is 51.0 cm³/mol. The van der Waals surface area contributed by atoms with Gasteiger partial charge in [-0.3, -0.25) is 0 Å². The molecule has 0 aromatic carbocycles. The van der Waals surface area contributed by atoms with E-state index in [2.05, 4.69) is 4.74 Å². The first kappa shape index (κ1) is 10.5. The van der Waals surface area contributed by atoms with Crippen LogP contribution < -0.4 is 0 Å². The molecule has 0 aliphatic heterocycles. The Morgan fingerprint density at radius 1 is 1.71 bits per heavy atom. The number of hydrogen-bond donors (Lipinski definition) is 0. The molecule has 4 heteroatoms. The van der Waals surface area contributed by atoms with Crippen LogP contribution in [0.1, 0.15) is 17.4 Å². The molecule has 0 aliphatic carbocycles. The molecule has 76 valence electrons. The maximum atomic E-state index is 11.2. The van der Waals surface area contributed by atoms with Gasteiger partial charge in [-0.15, -0.1) is 0 Å². The molecular weight excluding hydrogens is 182 g/mol. The van der Waals surface area contributed by atoms with Crippen LogP contribution in [0.5, 0.6) is 0 Å². The Balaban J connectivity index is 2.82. The fraction of sp³-hybridized carbons (Fsp3) is 0.400. The minimum atomic E-state index is -0.381. The summed E-state index contributed by atoms with van der Waals surface area (Å²) in [7, 11) is 1.34. The van der Waals surface area contributed by atoms with E-state index in [0.717, 1.165) is 6.29 Å². The number of methoxy groups -OCH3 is 1. The fourth-order valence-corrected chi connectivity index (χ4v) is 1.22. The van der Waals surface area contributed by atoms with Crippen molar-refractivity contribution in [3.63, 3.8) is 0 Å². The number of hydrogen-bond acceptors (Lipinski definition) is 3. The third-order valence-corrected chi connectivity index (χ3v) is 1.94. The molecule has 4 nitrogen and oxygen atoms in total. The predicted octanol–water partition coefficient (Wildman–Crippen LogP) is 1.11. The topological polar surface area (TPSA) is 48.3 Å². The van der Waals surface area contributed by atoms with E-state index in [-0.39, 0.29) is 11.9 Å². The molecule has 1 rings (SSSR count). The van der Waals surface area contributed by atoms with Crippen molar-refractivity contribution in [3.05, 3.63) is 24.0 Å². The average molecular weight is 195 g/mol. The third-order valence-electron chi connectivity index (χ3n) is 1.94. The smallest absolute Gasteiger partial charge is 0.354 e. The van der Waals surface area contributed by atoms with E-state index >= 15 is 0 Å². The van der Waals surface area contributed by atoms with Crippen molar-refractivity contribution in [2.24, 2.45) is 5.92 Å². The summed E-state index contributed by atoms with van der Waals surface area (Å²) < 4.78 is 6.32. The van der Waals surface area contributed by atoms with Gasteiger partial charge >= 0.3 is 5.97 Å². The molecular formula is C10H13NO3. The Morgan fingerprint density at radius 2 is 2.43 bits per heavy atom. The van der Waals surface area contributed by atoms with Gasteiger partial charge in [0.1, 0.15) is 12.0 Å². The van der Waals surface area contributed by atoms with Crippen molar-refractivity contribution in [1.29, 1.82) is 0 Å². The Kier molecular flexibility index (Phi) is 3.45. The average Bonchev–Trinajstić information content (AvgIpc) is 2.64. The van der Waals surface area contributed by atoms with Crippen molar-refractivity contribution < 1.29 is 14.3 Å². The van der Waals surface area contributed by atoms with E-state index in [9.17, 15) is 9.59 Å². The van der Waals surface area contributed by atoms with E-state index in [1.54, 1.807) is 29.8 Å². The first-order chi connectivity index (χ1) is 6.69. The molecule has 0 N–H and O–H groups in total. The fourth-order valence-electron chi connectivity index (χ4n) is 1.22. The van der Waals surface area contributed by atoms with Gasteiger partial charge in [-0.05, 0) is 12.1 Å². The van der Waals surface area contributed by atoms with Crippen LogP contribution >= 0.6 is 0 Å². The van der Waals surface area contributed by atoms with Crippen molar-refractivity contribution in [1.82, 2.24) is 4.57 Å². The van der Waals surface area contributed by atoms with E-state index in [1.807, 2.05) is 0 Å². The summed E-state index contributed by atoms with van der Waals surface area (Å²) in [6, 6.07) is 3.42. The lowest BCUT2D eigenvalue weighted by Gasteiger charge is -2.08. The third kappa shape index (κ3) is 2.22. The van der Waals surface area contributed by atoms with Crippen LogP contribution in [0.4, 0.5) is 0 Å². The maximum Gasteiger partial charge on any atom is 0.354 e. The summed E-state index contributed by atoms with van der Waals surface area (Å²) in [5.74, 6) is -0.487. The Hall–Kier alpha value is -1.58. The highest BCUT2D eigenvalue weighted by atomic mass is 16.5. The molecule has 1 unspecified atom stereocenters. The van der Waals surface area contributed by atoms with Gasteiger partial charge in [0.25, 0.3) is 0 Å². The highest BCUT2D eigenvalue weighted by Gasteiger charge is 2.12. The number of carbonyl (C=O) groups is 2. The minimum absolute atomic E-state index is 0.106. The summed E-state index contributed by atoms with van der Waals surface area (Å²) in [6.07, 6.45) is 2.62. The number of esters is 1.